The normalized spacial score (nSPS) is 14.6. The SMILES string of the molecule is CC(=O)NCC1CCN(C(=O)C=Cc2cn(-c3ccccc3)nc2-c2cc3ccccc3o2)CC1. The van der Waals surface area contributed by atoms with Crippen LogP contribution >= 0.6 is 0 Å². The molecule has 0 radical (unpaired) electrons. The van der Waals surface area contributed by atoms with E-state index in [2.05, 4.69) is 5.32 Å². The van der Waals surface area contributed by atoms with Crippen LogP contribution in [0.2, 0.25) is 0 Å². The lowest BCUT2D eigenvalue weighted by Crippen LogP contribution is -2.40. The van der Waals surface area contributed by atoms with Gasteiger partial charge in [-0.05, 0) is 49.1 Å². The van der Waals surface area contributed by atoms with Gasteiger partial charge in [0.25, 0.3) is 0 Å². The van der Waals surface area contributed by atoms with E-state index in [0.29, 0.717) is 37.0 Å². The Morgan fingerprint density at radius 3 is 2.57 bits per heavy atom. The molecule has 4 aromatic rings. The van der Waals surface area contributed by atoms with Crippen molar-refractivity contribution < 1.29 is 14.0 Å². The summed E-state index contributed by atoms with van der Waals surface area (Å²) in [7, 11) is 0. The molecule has 1 aliphatic rings. The Bertz CT molecular complexity index is 1330. The molecule has 2 amide bonds. The first-order valence-electron chi connectivity index (χ1n) is 11.9. The molecule has 1 aliphatic heterocycles. The highest BCUT2D eigenvalue weighted by Crippen LogP contribution is 2.30. The first kappa shape index (κ1) is 22.7. The molecular formula is C28H28N4O3. The summed E-state index contributed by atoms with van der Waals surface area (Å²) >= 11 is 0. The number of carbonyl (C=O) groups is 2. The number of piperidine rings is 1. The molecule has 1 N–H and O–H groups in total. The third-order valence-corrected chi connectivity index (χ3v) is 6.39. The van der Waals surface area contributed by atoms with Crippen LogP contribution in [0.15, 0.2) is 77.4 Å². The lowest BCUT2D eigenvalue weighted by atomic mass is 9.96. The van der Waals surface area contributed by atoms with Crippen LogP contribution in [0.25, 0.3) is 34.2 Å². The van der Waals surface area contributed by atoms with Crippen molar-refractivity contribution in [3.63, 3.8) is 0 Å². The molecular weight excluding hydrogens is 440 g/mol. The molecule has 7 heteroatoms. The Hall–Kier alpha value is -4.13. The maximum Gasteiger partial charge on any atom is 0.246 e. The molecule has 0 aliphatic carbocycles. The van der Waals surface area contributed by atoms with Crippen molar-refractivity contribution in [2.75, 3.05) is 19.6 Å². The second kappa shape index (κ2) is 10.0. The van der Waals surface area contributed by atoms with Crippen LogP contribution in [0, 0.1) is 5.92 Å². The van der Waals surface area contributed by atoms with Crippen LogP contribution in [-0.4, -0.2) is 46.1 Å². The molecule has 0 bridgehead atoms. The molecule has 35 heavy (non-hydrogen) atoms. The molecule has 7 nitrogen and oxygen atoms in total. The number of benzene rings is 2. The van der Waals surface area contributed by atoms with E-state index in [1.165, 1.54) is 6.92 Å². The summed E-state index contributed by atoms with van der Waals surface area (Å²) in [6, 6.07) is 19.7. The van der Waals surface area contributed by atoms with Gasteiger partial charge in [0.15, 0.2) is 5.76 Å². The Morgan fingerprint density at radius 2 is 1.83 bits per heavy atom. The van der Waals surface area contributed by atoms with Crippen LogP contribution in [0.3, 0.4) is 0 Å². The van der Waals surface area contributed by atoms with E-state index < -0.39 is 0 Å². The lowest BCUT2D eigenvalue weighted by Gasteiger charge is -2.31. The van der Waals surface area contributed by atoms with Gasteiger partial charge in [0.05, 0.1) is 5.69 Å². The predicted octanol–water partition coefficient (Wildman–Crippen LogP) is 4.67. The molecule has 0 atom stereocenters. The third-order valence-electron chi connectivity index (χ3n) is 6.39. The van der Waals surface area contributed by atoms with Gasteiger partial charge in [0.1, 0.15) is 11.3 Å². The fourth-order valence-corrected chi connectivity index (χ4v) is 4.42. The molecule has 1 saturated heterocycles. The second-order valence-electron chi connectivity index (χ2n) is 8.90. The first-order valence-corrected chi connectivity index (χ1v) is 11.9. The van der Waals surface area contributed by atoms with E-state index in [1.54, 1.807) is 10.8 Å². The fraction of sp³-hybridized carbons (Fsp3) is 0.250. The largest absolute Gasteiger partial charge is 0.454 e. The summed E-state index contributed by atoms with van der Waals surface area (Å²) < 4.78 is 7.89. The first-order chi connectivity index (χ1) is 17.1. The zero-order chi connectivity index (χ0) is 24.2. The van der Waals surface area contributed by atoms with E-state index in [9.17, 15) is 9.59 Å². The monoisotopic (exact) mass is 468 g/mol. The smallest absolute Gasteiger partial charge is 0.246 e. The second-order valence-corrected chi connectivity index (χ2v) is 8.90. The number of likely N-dealkylation sites (tertiary alicyclic amines) is 1. The van der Waals surface area contributed by atoms with E-state index in [-0.39, 0.29) is 11.8 Å². The zero-order valence-electron chi connectivity index (χ0n) is 19.7. The minimum atomic E-state index is -0.0222. The molecule has 0 spiro atoms. The number of hydrogen-bond acceptors (Lipinski definition) is 4. The van der Waals surface area contributed by atoms with Gasteiger partial charge in [0, 0.05) is 49.8 Å². The molecule has 3 heterocycles. The van der Waals surface area contributed by atoms with Crippen molar-refractivity contribution >= 4 is 28.9 Å². The summed E-state index contributed by atoms with van der Waals surface area (Å²) in [4.78, 5) is 25.9. The van der Waals surface area contributed by atoms with E-state index in [1.807, 2.05) is 77.8 Å². The maximum atomic E-state index is 12.9. The maximum absolute atomic E-state index is 12.9. The van der Waals surface area contributed by atoms with E-state index in [4.69, 9.17) is 9.52 Å². The summed E-state index contributed by atoms with van der Waals surface area (Å²) in [5, 5.41) is 8.68. The molecule has 178 valence electrons. The van der Waals surface area contributed by atoms with Gasteiger partial charge in [-0.25, -0.2) is 4.68 Å². The summed E-state index contributed by atoms with van der Waals surface area (Å²) in [5.41, 5.74) is 3.21. The summed E-state index contributed by atoms with van der Waals surface area (Å²) in [6.07, 6.45) is 7.13. The summed E-state index contributed by atoms with van der Waals surface area (Å²) in [5.74, 6) is 1.04. The number of carbonyl (C=O) groups excluding carboxylic acids is 2. The molecule has 0 saturated carbocycles. The highest BCUT2D eigenvalue weighted by atomic mass is 16.3. The number of amides is 2. The lowest BCUT2D eigenvalue weighted by molar-refractivity contribution is -0.127. The highest BCUT2D eigenvalue weighted by molar-refractivity contribution is 5.93. The van der Waals surface area contributed by atoms with Crippen molar-refractivity contribution in [1.82, 2.24) is 20.0 Å². The number of nitrogens with one attached hydrogen (secondary N) is 1. The van der Waals surface area contributed by atoms with Crippen molar-refractivity contribution in [3.8, 4) is 17.1 Å². The van der Waals surface area contributed by atoms with Crippen molar-refractivity contribution in [2.24, 2.45) is 5.92 Å². The number of rotatable bonds is 6. The zero-order valence-corrected chi connectivity index (χ0v) is 19.7. The number of hydrogen-bond donors (Lipinski definition) is 1. The quantitative estimate of drug-likeness (QED) is 0.417. The molecule has 5 rings (SSSR count). The van der Waals surface area contributed by atoms with Crippen molar-refractivity contribution in [2.45, 2.75) is 19.8 Å². The molecule has 2 aromatic carbocycles. The van der Waals surface area contributed by atoms with Crippen LogP contribution in [0.5, 0.6) is 0 Å². The fourth-order valence-electron chi connectivity index (χ4n) is 4.42. The van der Waals surface area contributed by atoms with Crippen LogP contribution < -0.4 is 5.32 Å². The van der Waals surface area contributed by atoms with E-state index >= 15 is 0 Å². The molecule has 1 fully saturated rings. The number of furan rings is 1. The number of fused-ring (bicyclic) bond motifs is 1. The molecule has 0 unspecified atom stereocenters. The van der Waals surface area contributed by atoms with Gasteiger partial charge in [-0.2, -0.15) is 5.10 Å². The van der Waals surface area contributed by atoms with Gasteiger partial charge < -0.3 is 14.6 Å². The average Bonchev–Trinajstić information content (AvgIpc) is 3.51. The Labute approximate surface area is 204 Å². The third kappa shape index (κ3) is 5.19. The van der Waals surface area contributed by atoms with E-state index in [0.717, 1.165) is 35.1 Å². The van der Waals surface area contributed by atoms with Gasteiger partial charge in [-0.15, -0.1) is 0 Å². The minimum absolute atomic E-state index is 0.0113. The van der Waals surface area contributed by atoms with Gasteiger partial charge in [-0.1, -0.05) is 36.4 Å². The van der Waals surface area contributed by atoms with Crippen molar-refractivity contribution in [1.29, 1.82) is 0 Å². The summed E-state index contributed by atoms with van der Waals surface area (Å²) in [6.45, 7) is 3.58. The van der Waals surface area contributed by atoms with Gasteiger partial charge in [0.2, 0.25) is 11.8 Å². The number of nitrogens with zero attached hydrogens (tertiary/aromatic N) is 3. The standard InChI is InChI=1S/C28H28N4O3/c1-20(33)29-18-21-13-15-31(16-14-21)27(34)12-11-23-19-32(24-8-3-2-4-9-24)30-28(23)26-17-22-7-5-6-10-25(22)35-26/h2-12,17,19,21H,13-16,18H2,1H3,(H,29,33). The Kier molecular flexibility index (Phi) is 6.48. The van der Waals surface area contributed by atoms with Gasteiger partial charge >= 0.3 is 0 Å². The number of aromatic nitrogens is 2. The van der Waals surface area contributed by atoms with Crippen LogP contribution in [0.1, 0.15) is 25.3 Å². The van der Waals surface area contributed by atoms with Crippen LogP contribution in [0.4, 0.5) is 0 Å². The predicted molar refractivity (Wildman–Crippen MR) is 136 cm³/mol. The average molecular weight is 469 g/mol. The molecule has 2 aromatic heterocycles. The van der Waals surface area contributed by atoms with Gasteiger partial charge in [-0.3, -0.25) is 9.59 Å². The van der Waals surface area contributed by atoms with Crippen molar-refractivity contribution in [3.05, 3.63) is 78.5 Å². The van der Waals surface area contributed by atoms with Crippen LogP contribution in [-0.2, 0) is 9.59 Å². The Balaban J connectivity index is 1.37. The number of para-hydroxylation sites is 2. The minimum Gasteiger partial charge on any atom is -0.454 e. The topological polar surface area (TPSA) is 80.4 Å². The highest BCUT2D eigenvalue weighted by Gasteiger charge is 2.22. The Morgan fingerprint density at radius 1 is 1.09 bits per heavy atom.